The molecule has 0 saturated heterocycles. The molecule has 11 heavy (non-hydrogen) atoms. The molecule has 0 aliphatic heterocycles. The first-order chi connectivity index (χ1) is 5.04. The quantitative estimate of drug-likeness (QED) is 0.498. The number of allylic oxidation sites excluding steroid dienone is 2. The molecule has 0 atom stereocenters. The monoisotopic (exact) mass is 154 g/mol. The number of carbonyl (C=O) groups is 1. The first-order valence-electron chi connectivity index (χ1n) is 3.58. The number of aliphatic carboxylic acids is 1. The van der Waals surface area contributed by atoms with Crippen LogP contribution in [-0.2, 0) is 4.79 Å². The Labute approximate surface area is 67.2 Å². The van der Waals surface area contributed by atoms with Crippen LogP contribution >= 0.6 is 0 Å². The van der Waals surface area contributed by atoms with Gasteiger partial charge in [0.05, 0.1) is 0 Å². The SMILES string of the molecule is C=C(C)CCC=C(C)C(=O)O. The fourth-order valence-electron chi connectivity index (χ4n) is 0.622. The molecule has 0 aliphatic carbocycles. The highest BCUT2D eigenvalue weighted by Gasteiger charge is 1.97. The van der Waals surface area contributed by atoms with Crippen molar-refractivity contribution in [2.24, 2.45) is 0 Å². The molecule has 0 amide bonds. The number of rotatable bonds is 4. The Balaban J connectivity index is 3.74. The molecule has 0 saturated carbocycles. The van der Waals surface area contributed by atoms with Gasteiger partial charge in [0.2, 0.25) is 0 Å². The van der Waals surface area contributed by atoms with Crippen molar-refractivity contribution < 1.29 is 9.90 Å². The van der Waals surface area contributed by atoms with Gasteiger partial charge in [-0.2, -0.15) is 0 Å². The van der Waals surface area contributed by atoms with E-state index in [0.29, 0.717) is 5.57 Å². The summed E-state index contributed by atoms with van der Waals surface area (Å²) in [7, 11) is 0. The van der Waals surface area contributed by atoms with E-state index < -0.39 is 5.97 Å². The topological polar surface area (TPSA) is 37.3 Å². The van der Waals surface area contributed by atoms with Crippen molar-refractivity contribution in [1.29, 1.82) is 0 Å². The first kappa shape index (κ1) is 9.95. The minimum atomic E-state index is -0.841. The van der Waals surface area contributed by atoms with Crippen LogP contribution in [0.5, 0.6) is 0 Å². The first-order valence-corrected chi connectivity index (χ1v) is 3.58. The van der Waals surface area contributed by atoms with Gasteiger partial charge in [0.1, 0.15) is 0 Å². The Morgan fingerprint density at radius 2 is 2.09 bits per heavy atom. The molecule has 0 aromatic rings. The third-order valence-corrected chi connectivity index (χ3v) is 1.36. The van der Waals surface area contributed by atoms with Gasteiger partial charge < -0.3 is 5.11 Å². The van der Waals surface area contributed by atoms with Gasteiger partial charge in [-0.25, -0.2) is 4.79 Å². The van der Waals surface area contributed by atoms with E-state index in [9.17, 15) is 4.79 Å². The lowest BCUT2D eigenvalue weighted by Crippen LogP contribution is -1.95. The zero-order chi connectivity index (χ0) is 8.85. The highest BCUT2D eigenvalue weighted by atomic mass is 16.4. The Morgan fingerprint density at radius 3 is 2.45 bits per heavy atom. The molecule has 0 rings (SSSR count). The molecular formula is C9H14O2. The van der Waals surface area contributed by atoms with Crippen molar-refractivity contribution in [2.45, 2.75) is 26.7 Å². The summed E-state index contributed by atoms with van der Waals surface area (Å²) in [6.45, 7) is 7.25. The van der Waals surface area contributed by atoms with E-state index in [2.05, 4.69) is 6.58 Å². The highest BCUT2D eigenvalue weighted by molar-refractivity contribution is 5.85. The molecule has 1 N–H and O–H groups in total. The maximum Gasteiger partial charge on any atom is 0.330 e. The van der Waals surface area contributed by atoms with Crippen molar-refractivity contribution in [3.8, 4) is 0 Å². The van der Waals surface area contributed by atoms with Crippen LogP contribution in [0.4, 0.5) is 0 Å². The normalized spacial score (nSPS) is 11.3. The molecule has 2 heteroatoms. The lowest BCUT2D eigenvalue weighted by Gasteiger charge is -1.94. The van der Waals surface area contributed by atoms with Crippen LogP contribution < -0.4 is 0 Å². The number of hydrogen-bond donors (Lipinski definition) is 1. The smallest absolute Gasteiger partial charge is 0.330 e. The molecule has 0 radical (unpaired) electrons. The van der Waals surface area contributed by atoms with E-state index in [1.807, 2.05) is 6.92 Å². The molecule has 0 aliphatic rings. The van der Waals surface area contributed by atoms with E-state index in [1.54, 1.807) is 13.0 Å². The maximum absolute atomic E-state index is 10.3. The molecule has 0 heterocycles. The van der Waals surface area contributed by atoms with Crippen LogP contribution in [0.2, 0.25) is 0 Å². The van der Waals surface area contributed by atoms with Crippen LogP contribution in [0.1, 0.15) is 26.7 Å². The second-order valence-electron chi connectivity index (χ2n) is 2.69. The van der Waals surface area contributed by atoms with Gasteiger partial charge in [0.15, 0.2) is 0 Å². The van der Waals surface area contributed by atoms with Gasteiger partial charge >= 0.3 is 5.97 Å². The fraction of sp³-hybridized carbons (Fsp3) is 0.444. The average Bonchev–Trinajstić information content (AvgIpc) is 1.86. The Hall–Kier alpha value is -1.05. The maximum atomic E-state index is 10.3. The lowest BCUT2D eigenvalue weighted by molar-refractivity contribution is -0.132. The summed E-state index contributed by atoms with van der Waals surface area (Å²) in [5, 5.41) is 8.46. The second kappa shape index (κ2) is 4.72. The van der Waals surface area contributed by atoms with E-state index in [0.717, 1.165) is 18.4 Å². The minimum Gasteiger partial charge on any atom is -0.478 e. The molecule has 2 nitrogen and oxygen atoms in total. The van der Waals surface area contributed by atoms with E-state index >= 15 is 0 Å². The molecule has 0 aromatic heterocycles. The Bertz CT molecular complexity index is 190. The van der Waals surface area contributed by atoms with Crippen LogP contribution in [0.25, 0.3) is 0 Å². The summed E-state index contributed by atoms with van der Waals surface area (Å²) in [5.41, 5.74) is 1.49. The summed E-state index contributed by atoms with van der Waals surface area (Å²) in [4.78, 5) is 10.3. The molecule has 0 unspecified atom stereocenters. The van der Waals surface area contributed by atoms with Crippen molar-refractivity contribution in [1.82, 2.24) is 0 Å². The van der Waals surface area contributed by atoms with Crippen molar-refractivity contribution in [2.75, 3.05) is 0 Å². The molecule has 0 aromatic carbocycles. The van der Waals surface area contributed by atoms with Crippen LogP contribution in [0.3, 0.4) is 0 Å². The predicted molar refractivity (Wildman–Crippen MR) is 45.4 cm³/mol. The van der Waals surface area contributed by atoms with E-state index in [-0.39, 0.29) is 0 Å². The van der Waals surface area contributed by atoms with Crippen LogP contribution in [0, 0.1) is 0 Å². The van der Waals surface area contributed by atoms with Gasteiger partial charge in [-0.05, 0) is 26.7 Å². The fourth-order valence-corrected chi connectivity index (χ4v) is 0.622. The summed E-state index contributed by atoms with van der Waals surface area (Å²) < 4.78 is 0. The van der Waals surface area contributed by atoms with E-state index in [1.165, 1.54) is 0 Å². The zero-order valence-corrected chi connectivity index (χ0v) is 7.05. The van der Waals surface area contributed by atoms with Crippen LogP contribution in [-0.4, -0.2) is 11.1 Å². The average molecular weight is 154 g/mol. The molecular weight excluding hydrogens is 140 g/mol. The summed E-state index contributed by atoms with van der Waals surface area (Å²) in [6, 6.07) is 0. The summed E-state index contributed by atoms with van der Waals surface area (Å²) in [5.74, 6) is -0.841. The van der Waals surface area contributed by atoms with Crippen molar-refractivity contribution >= 4 is 5.97 Å². The van der Waals surface area contributed by atoms with Crippen molar-refractivity contribution in [3.63, 3.8) is 0 Å². The van der Waals surface area contributed by atoms with Gasteiger partial charge in [-0.15, -0.1) is 6.58 Å². The Kier molecular flexibility index (Phi) is 4.27. The molecule has 62 valence electrons. The number of carboxylic acids is 1. The lowest BCUT2D eigenvalue weighted by atomic mass is 10.1. The summed E-state index contributed by atoms with van der Waals surface area (Å²) >= 11 is 0. The highest BCUT2D eigenvalue weighted by Crippen LogP contribution is 2.03. The second-order valence-corrected chi connectivity index (χ2v) is 2.69. The van der Waals surface area contributed by atoms with Crippen molar-refractivity contribution in [3.05, 3.63) is 23.8 Å². The number of hydrogen-bond acceptors (Lipinski definition) is 1. The van der Waals surface area contributed by atoms with Crippen LogP contribution in [0.15, 0.2) is 23.8 Å². The zero-order valence-electron chi connectivity index (χ0n) is 7.05. The molecule has 0 bridgehead atoms. The Morgan fingerprint density at radius 1 is 1.55 bits per heavy atom. The largest absolute Gasteiger partial charge is 0.478 e. The third-order valence-electron chi connectivity index (χ3n) is 1.36. The van der Waals surface area contributed by atoms with Gasteiger partial charge in [-0.3, -0.25) is 0 Å². The van der Waals surface area contributed by atoms with Gasteiger partial charge in [0.25, 0.3) is 0 Å². The van der Waals surface area contributed by atoms with Gasteiger partial charge in [0, 0.05) is 5.57 Å². The third kappa shape index (κ3) is 5.40. The molecule has 0 fully saturated rings. The number of carboxylic acid groups (broad SMARTS) is 1. The predicted octanol–water partition coefficient (Wildman–Crippen LogP) is 2.37. The van der Waals surface area contributed by atoms with Gasteiger partial charge in [-0.1, -0.05) is 11.6 Å². The standard InChI is InChI=1S/C9H14O2/c1-7(2)5-4-6-8(3)9(10)11/h6H,1,4-5H2,2-3H3,(H,10,11). The minimum absolute atomic E-state index is 0.409. The molecule has 0 spiro atoms. The van der Waals surface area contributed by atoms with E-state index in [4.69, 9.17) is 5.11 Å². The summed E-state index contributed by atoms with van der Waals surface area (Å²) in [6.07, 6.45) is 3.36.